The fourth-order valence-electron chi connectivity index (χ4n) is 5.68. The Morgan fingerprint density at radius 3 is 2.88 bits per heavy atom. The van der Waals surface area contributed by atoms with Gasteiger partial charge in [0.2, 0.25) is 0 Å². The van der Waals surface area contributed by atoms with Crippen LogP contribution in [0.25, 0.3) is 0 Å². The molecule has 1 saturated heterocycles. The highest BCUT2D eigenvalue weighted by Gasteiger charge is 2.49. The van der Waals surface area contributed by atoms with Crippen molar-refractivity contribution in [2.24, 2.45) is 5.92 Å². The number of likely N-dealkylation sites (tertiary alicyclic amines) is 1. The second kappa shape index (κ2) is 6.53. The molecular formula is C22H29NO2. The van der Waals surface area contributed by atoms with Crippen molar-refractivity contribution in [3.8, 4) is 5.75 Å². The van der Waals surface area contributed by atoms with Gasteiger partial charge in [0, 0.05) is 11.5 Å². The van der Waals surface area contributed by atoms with Gasteiger partial charge in [-0.25, -0.2) is 0 Å². The van der Waals surface area contributed by atoms with Crippen LogP contribution in [0.2, 0.25) is 0 Å². The number of hydrogen-bond donors (Lipinski definition) is 1. The van der Waals surface area contributed by atoms with E-state index in [1.165, 1.54) is 24.0 Å². The molecule has 4 rings (SSSR count). The summed E-state index contributed by atoms with van der Waals surface area (Å²) in [5.74, 6) is 2.11. The van der Waals surface area contributed by atoms with Gasteiger partial charge in [0.15, 0.2) is 0 Å². The smallest absolute Gasteiger partial charge is 0.117 e. The zero-order valence-corrected chi connectivity index (χ0v) is 15.4. The van der Waals surface area contributed by atoms with Gasteiger partial charge in [0.25, 0.3) is 0 Å². The van der Waals surface area contributed by atoms with E-state index in [1.54, 1.807) is 6.26 Å². The third-order valence-electron chi connectivity index (χ3n) is 6.84. The second-order valence-corrected chi connectivity index (χ2v) is 7.77. The third-order valence-corrected chi connectivity index (χ3v) is 6.84. The van der Waals surface area contributed by atoms with E-state index in [9.17, 15) is 5.11 Å². The van der Waals surface area contributed by atoms with Gasteiger partial charge in [0.1, 0.15) is 11.5 Å². The molecule has 1 aromatic carbocycles. The van der Waals surface area contributed by atoms with Crippen LogP contribution < -0.4 is 0 Å². The van der Waals surface area contributed by atoms with Crippen LogP contribution in [-0.2, 0) is 18.4 Å². The van der Waals surface area contributed by atoms with Crippen LogP contribution in [0.5, 0.6) is 5.75 Å². The molecule has 0 radical (unpaired) electrons. The molecular weight excluding hydrogens is 310 g/mol. The van der Waals surface area contributed by atoms with Gasteiger partial charge in [-0.15, -0.1) is 0 Å². The molecule has 2 bridgehead atoms. The predicted octanol–water partition coefficient (Wildman–Crippen LogP) is 4.88. The first kappa shape index (κ1) is 16.7. The lowest BCUT2D eigenvalue weighted by Crippen LogP contribution is -2.54. The first-order chi connectivity index (χ1) is 12.2. The Kier molecular flexibility index (Phi) is 4.36. The van der Waals surface area contributed by atoms with E-state index in [2.05, 4.69) is 36.9 Å². The maximum Gasteiger partial charge on any atom is 0.117 e. The van der Waals surface area contributed by atoms with Crippen LogP contribution in [0.3, 0.4) is 0 Å². The van der Waals surface area contributed by atoms with E-state index in [4.69, 9.17) is 4.42 Å². The number of aryl methyl sites for hydroxylation is 1. The van der Waals surface area contributed by atoms with Crippen molar-refractivity contribution in [3.05, 3.63) is 53.5 Å². The van der Waals surface area contributed by atoms with E-state index >= 15 is 0 Å². The van der Waals surface area contributed by atoms with Crippen molar-refractivity contribution in [3.63, 3.8) is 0 Å². The Morgan fingerprint density at radius 1 is 1.28 bits per heavy atom. The average molecular weight is 339 g/mol. The quantitative estimate of drug-likeness (QED) is 0.862. The van der Waals surface area contributed by atoms with Gasteiger partial charge < -0.3 is 9.52 Å². The molecule has 0 amide bonds. The maximum absolute atomic E-state index is 10.1. The lowest BCUT2D eigenvalue weighted by Gasteiger charge is -2.52. The summed E-state index contributed by atoms with van der Waals surface area (Å²) in [5.41, 5.74) is 3.06. The molecule has 2 aromatic rings. The number of furan rings is 1. The predicted molar refractivity (Wildman–Crippen MR) is 99.7 cm³/mol. The molecule has 2 heterocycles. The van der Waals surface area contributed by atoms with E-state index < -0.39 is 0 Å². The number of piperidine rings is 1. The van der Waals surface area contributed by atoms with Crippen molar-refractivity contribution in [2.45, 2.75) is 64.0 Å². The number of fused-ring (bicyclic) bond motifs is 4. The van der Waals surface area contributed by atoms with Crippen LogP contribution in [-0.4, -0.2) is 22.6 Å². The normalized spacial score (nSPS) is 29.2. The molecule has 3 atom stereocenters. The summed E-state index contributed by atoms with van der Waals surface area (Å²) in [6.07, 6.45) is 7.57. The lowest BCUT2D eigenvalue weighted by atomic mass is 9.61. The van der Waals surface area contributed by atoms with Crippen LogP contribution >= 0.6 is 0 Å². The highest BCUT2D eigenvalue weighted by molar-refractivity contribution is 5.43. The average Bonchev–Trinajstić information content (AvgIpc) is 3.11. The largest absolute Gasteiger partial charge is 0.508 e. The third kappa shape index (κ3) is 2.69. The monoisotopic (exact) mass is 339 g/mol. The van der Waals surface area contributed by atoms with Gasteiger partial charge in [0.05, 0.1) is 12.8 Å². The number of benzene rings is 1. The van der Waals surface area contributed by atoms with Crippen LogP contribution in [0.1, 0.15) is 56.4 Å². The van der Waals surface area contributed by atoms with Crippen molar-refractivity contribution in [1.29, 1.82) is 0 Å². The highest BCUT2D eigenvalue weighted by atomic mass is 16.3. The topological polar surface area (TPSA) is 36.6 Å². The maximum atomic E-state index is 10.1. The number of aromatic hydroxyl groups is 1. The molecule has 3 unspecified atom stereocenters. The number of rotatable bonds is 4. The molecule has 1 aromatic heterocycles. The number of hydrogen-bond acceptors (Lipinski definition) is 3. The molecule has 25 heavy (non-hydrogen) atoms. The summed E-state index contributed by atoms with van der Waals surface area (Å²) in [5, 5.41) is 10.1. The first-order valence-electron chi connectivity index (χ1n) is 9.76. The fraction of sp³-hybridized carbons (Fsp3) is 0.545. The molecule has 1 N–H and O–H groups in total. The van der Waals surface area contributed by atoms with Crippen molar-refractivity contribution < 1.29 is 9.52 Å². The molecule has 3 nitrogen and oxygen atoms in total. The SMILES string of the molecule is CCC1C2CCc3ccc(O)cc3C1(CC)CCN2Cc1ccco1. The van der Waals surface area contributed by atoms with E-state index in [0.29, 0.717) is 17.7 Å². The lowest BCUT2D eigenvalue weighted by molar-refractivity contribution is 0.0121. The summed E-state index contributed by atoms with van der Waals surface area (Å²) >= 11 is 0. The number of phenolic OH excluding ortho intramolecular Hbond substituents is 1. The van der Waals surface area contributed by atoms with Gasteiger partial charge in [-0.05, 0) is 73.5 Å². The Morgan fingerprint density at radius 2 is 2.16 bits per heavy atom. The van der Waals surface area contributed by atoms with Crippen LogP contribution in [0.4, 0.5) is 0 Å². The molecule has 0 saturated carbocycles. The van der Waals surface area contributed by atoms with Crippen LogP contribution in [0, 0.1) is 5.92 Å². The number of phenols is 1. The minimum absolute atomic E-state index is 0.198. The zero-order valence-electron chi connectivity index (χ0n) is 15.4. The molecule has 0 spiro atoms. The van der Waals surface area contributed by atoms with Crippen molar-refractivity contribution in [2.75, 3.05) is 6.54 Å². The first-order valence-corrected chi connectivity index (χ1v) is 9.76. The summed E-state index contributed by atoms with van der Waals surface area (Å²) in [6, 6.07) is 10.7. The van der Waals surface area contributed by atoms with E-state index in [0.717, 1.165) is 38.1 Å². The highest BCUT2D eigenvalue weighted by Crippen LogP contribution is 2.51. The summed E-state index contributed by atoms with van der Waals surface area (Å²) in [6.45, 7) is 6.69. The summed E-state index contributed by atoms with van der Waals surface area (Å²) < 4.78 is 5.63. The Hall–Kier alpha value is -1.74. The minimum atomic E-state index is 0.198. The van der Waals surface area contributed by atoms with Gasteiger partial charge in [-0.2, -0.15) is 0 Å². The Bertz CT molecular complexity index is 724. The molecule has 1 fully saturated rings. The number of nitrogens with zero attached hydrogens (tertiary/aromatic N) is 1. The van der Waals surface area contributed by atoms with Crippen molar-refractivity contribution >= 4 is 0 Å². The van der Waals surface area contributed by atoms with E-state index in [1.807, 2.05) is 12.1 Å². The second-order valence-electron chi connectivity index (χ2n) is 7.77. The molecule has 3 heteroatoms. The van der Waals surface area contributed by atoms with Gasteiger partial charge >= 0.3 is 0 Å². The molecule has 134 valence electrons. The minimum Gasteiger partial charge on any atom is -0.508 e. The Balaban J connectivity index is 1.74. The Labute approximate surface area is 150 Å². The van der Waals surface area contributed by atoms with Crippen LogP contribution in [0.15, 0.2) is 41.0 Å². The van der Waals surface area contributed by atoms with E-state index in [-0.39, 0.29) is 5.41 Å². The molecule has 1 aliphatic heterocycles. The van der Waals surface area contributed by atoms with Gasteiger partial charge in [-0.1, -0.05) is 26.3 Å². The summed E-state index contributed by atoms with van der Waals surface area (Å²) in [7, 11) is 0. The van der Waals surface area contributed by atoms with Crippen molar-refractivity contribution in [1.82, 2.24) is 4.90 Å². The molecule has 2 aliphatic rings. The zero-order chi connectivity index (χ0) is 17.4. The molecule has 1 aliphatic carbocycles. The summed E-state index contributed by atoms with van der Waals surface area (Å²) in [4.78, 5) is 2.65. The standard InChI is InChI=1S/C22H29NO2/c1-3-19-21-10-8-16-7-9-17(24)14-20(16)22(19,4-2)11-12-23(21)15-18-6-5-13-25-18/h5-7,9,13-14,19,21,24H,3-4,8,10-12,15H2,1-2H3. The van der Waals surface area contributed by atoms with Gasteiger partial charge in [-0.3, -0.25) is 4.90 Å². The fourth-order valence-corrected chi connectivity index (χ4v) is 5.68.